The summed E-state index contributed by atoms with van der Waals surface area (Å²) in [5.74, 6) is 0.0817. The van der Waals surface area contributed by atoms with Crippen molar-refractivity contribution in [1.29, 1.82) is 0 Å². The van der Waals surface area contributed by atoms with E-state index in [0.29, 0.717) is 19.6 Å². The molecule has 2 fully saturated rings. The van der Waals surface area contributed by atoms with Gasteiger partial charge in [0.1, 0.15) is 6.61 Å². The summed E-state index contributed by atoms with van der Waals surface area (Å²) in [6.45, 7) is 0.744. The van der Waals surface area contributed by atoms with Crippen molar-refractivity contribution in [2.75, 3.05) is 31.3 Å². The van der Waals surface area contributed by atoms with Gasteiger partial charge in [0, 0.05) is 12.6 Å². The zero-order chi connectivity index (χ0) is 11.8. The number of hydrogen-bond donors (Lipinski definition) is 1. The van der Waals surface area contributed by atoms with Gasteiger partial charge in [-0.1, -0.05) is 0 Å². The second kappa shape index (κ2) is 4.31. The van der Waals surface area contributed by atoms with Crippen LogP contribution in [0.1, 0.15) is 6.42 Å². The Balaban J connectivity index is 2.14. The topological polar surface area (TPSA) is 89.7 Å². The van der Waals surface area contributed by atoms with Gasteiger partial charge in [0.05, 0.1) is 24.2 Å². The van der Waals surface area contributed by atoms with Crippen molar-refractivity contribution in [3.8, 4) is 0 Å². The van der Waals surface area contributed by atoms with Crippen LogP contribution in [0.4, 0.5) is 0 Å². The van der Waals surface area contributed by atoms with E-state index >= 15 is 0 Å². The average Bonchev–Trinajstić information content (AvgIpc) is 2.58. The first-order valence-electron chi connectivity index (χ1n) is 5.33. The molecule has 2 heterocycles. The first-order chi connectivity index (χ1) is 7.53. The fraction of sp³-hybridized carbons (Fsp3) is 0.889. The molecule has 2 atom stereocenters. The van der Waals surface area contributed by atoms with Crippen molar-refractivity contribution in [3.63, 3.8) is 0 Å². The molecule has 1 amide bonds. The normalized spacial score (nSPS) is 34.3. The number of morpholine rings is 1. The largest absolute Gasteiger partial charge is 0.369 e. The van der Waals surface area contributed by atoms with Crippen molar-refractivity contribution in [2.45, 2.75) is 18.5 Å². The van der Waals surface area contributed by atoms with E-state index in [1.807, 2.05) is 0 Å². The molecule has 16 heavy (non-hydrogen) atoms. The van der Waals surface area contributed by atoms with Crippen LogP contribution in [-0.4, -0.2) is 62.6 Å². The fourth-order valence-corrected chi connectivity index (χ4v) is 4.03. The summed E-state index contributed by atoms with van der Waals surface area (Å²) in [6.07, 6.45) is 0.518. The highest BCUT2D eigenvalue weighted by atomic mass is 32.2. The Morgan fingerprint density at radius 3 is 2.81 bits per heavy atom. The minimum Gasteiger partial charge on any atom is -0.369 e. The number of sulfone groups is 1. The highest BCUT2D eigenvalue weighted by Gasteiger charge is 2.39. The van der Waals surface area contributed by atoms with E-state index in [4.69, 9.17) is 10.5 Å². The number of rotatable bonds is 2. The van der Waals surface area contributed by atoms with Gasteiger partial charge in [0.2, 0.25) is 5.91 Å². The molecule has 2 aliphatic rings. The van der Waals surface area contributed by atoms with E-state index < -0.39 is 9.84 Å². The van der Waals surface area contributed by atoms with Gasteiger partial charge in [-0.15, -0.1) is 0 Å². The first kappa shape index (κ1) is 11.8. The predicted molar refractivity (Wildman–Crippen MR) is 57.6 cm³/mol. The van der Waals surface area contributed by atoms with Crippen LogP contribution in [0.15, 0.2) is 0 Å². The van der Waals surface area contributed by atoms with Crippen molar-refractivity contribution >= 4 is 15.7 Å². The summed E-state index contributed by atoms with van der Waals surface area (Å²) >= 11 is 0. The van der Waals surface area contributed by atoms with Gasteiger partial charge < -0.3 is 15.4 Å². The Hall–Kier alpha value is -0.660. The summed E-state index contributed by atoms with van der Waals surface area (Å²) in [7, 11) is -2.98. The van der Waals surface area contributed by atoms with Crippen LogP contribution in [0.25, 0.3) is 0 Å². The molecule has 2 N–H and O–H groups in total. The second-order valence-corrected chi connectivity index (χ2v) is 6.49. The first-order valence-corrected chi connectivity index (χ1v) is 7.15. The van der Waals surface area contributed by atoms with E-state index in [9.17, 15) is 13.2 Å². The predicted octanol–water partition coefficient (Wildman–Crippen LogP) is -1.64. The molecule has 0 bridgehead atoms. The summed E-state index contributed by atoms with van der Waals surface area (Å²) in [6, 6.07) is -0.394. The number of carbonyl (C=O) groups is 1. The Morgan fingerprint density at radius 1 is 1.50 bits per heavy atom. The smallest absolute Gasteiger partial charge is 0.249 e. The molecule has 0 radical (unpaired) electrons. The van der Waals surface area contributed by atoms with Crippen LogP contribution in [0, 0.1) is 0 Å². The molecule has 0 saturated carbocycles. The third kappa shape index (κ3) is 2.21. The van der Waals surface area contributed by atoms with Crippen LogP contribution in [0.2, 0.25) is 0 Å². The van der Waals surface area contributed by atoms with Crippen molar-refractivity contribution in [3.05, 3.63) is 0 Å². The molecule has 2 aliphatic heterocycles. The minimum atomic E-state index is -2.98. The average molecular weight is 248 g/mol. The summed E-state index contributed by atoms with van der Waals surface area (Å²) < 4.78 is 27.9. The number of nitrogens with two attached hydrogens (primary N) is 1. The van der Waals surface area contributed by atoms with E-state index in [1.165, 1.54) is 0 Å². The van der Waals surface area contributed by atoms with Crippen LogP contribution in [0.5, 0.6) is 0 Å². The van der Waals surface area contributed by atoms with E-state index in [0.717, 1.165) is 0 Å². The lowest BCUT2D eigenvalue weighted by atomic mass is 10.1. The van der Waals surface area contributed by atoms with Gasteiger partial charge in [0.15, 0.2) is 9.84 Å². The standard InChI is InChI=1S/C9H16N2O4S/c10-3-8-4-15-5-9(12)11(8)7-1-2-16(13,14)6-7/h7-8H,1-6,10H2. The maximum absolute atomic E-state index is 11.7. The Bertz CT molecular complexity index is 381. The van der Waals surface area contributed by atoms with Crippen LogP contribution >= 0.6 is 0 Å². The Morgan fingerprint density at radius 2 is 2.25 bits per heavy atom. The van der Waals surface area contributed by atoms with Crippen molar-refractivity contribution in [2.24, 2.45) is 5.73 Å². The van der Waals surface area contributed by atoms with Crippen LogP contribution in [-0.2, 0) is 19.4 Å². The van der Waals surface area contributed by atoms with Crippen molar-refractivity contribution < 1.29 is 17.9 Å². The van der Waals surface area contributed by atoms with Crippen LogP contribution < -0.4 is 5.73 Å². The lowest BCUT2D eigenvalue weighted by Crippen LogP contribution is -2.57. The maximum Gasteiger partial charge on any atom is 0.249 e. The third-order valence-corrected chi connectivity index (χ3v) is 4.84. The molecule has 2 unspecified atom stereocenters. The molecular weight excluding hydrogens is 232 g/mol. The number of nitrogens with zero attached hydrogens (tertiary/aromatic N) is 1. The molecule has 0 aromatic rings. The van der Waals surface area contributed by atoms with E-state index in [2.05, 4.69) is 0 Å². The lowest BCUT2D eigenvalue weighted by molar-refractivity contribution is -0.150. The van der Waals surface area contributed by atoms with Gasteiger partial charge in [-0.2, -0.15) is 0 Å². The number of hydrogen-bond acceptors (Lipinski definition) is 5. The van der Waals surface area contributed by atoms with Gasteiger partial charge in [0.25, 0.3) is 0 Å². The number of amides is 1. The Kier molecular flexibility index (Phi) is 3.18. The maximum atomic E-state index is 11.7. The molecule has 92 valence electrons. The van der Waals surface area contributed by atoms with Crippen molar-refractivity contribution in [1.82, 2.24) is 4.90 Å². The SMILES string of the molecule is NCC1COCC(=O)N1C1CCS(=O)(=O)C1. The molecule has 7 heteroatoms. The third-order valence-electron chi connectivity index (χ3n) is 3.09. The van der Waals surface area contributed by atoms with Gasteiger partial charge in [-0.05, 0) is 6.42 Å². The molecule has 2 saturated heterocycles. The molecule has 0 aliphatic carbocycles. The Labute approximate surface area is 94.6 Å². The fourth-order valence-electron chi connectivity index (χ4n) is 2.32. The zero-order valence-electron chi connectivity index (χ0n) is 8.96. The molecule has 0 spiro atoms. The van der Waals surface area contributed by atoms with Gasteiger partial charge in [-0.3, -0.25) is 4.79 Å². The van der Waals surface area contributed by atoms with Gasteiger partial charge >= 0.3 is 0 Å². The number of carbonyl (C=O) groups excluding carboxylic acids is 1. The quantitative estimate of drug-likeness (QED) is 0.633. The van der Waals surface area contributed by atoms with Crippen LogP contribution in [0.3, 0.4) is 0 Å². The second-order valence-electron chi connectivity index (χ2n) is 4.26. The van der Waals surface area contributed by atoms with E-state index in [1.54, 1.807) is 4.90 Å². The molecule has 2 rings (SSSR count). The summed E-state index contributed by atoms with van der Waals surface area (Å²) in [5, 5.41) is 0. The molecule has 0 aromatic heterocycles. The lowest BCUT2D eigenvalue weighted by Gasteiger charge is -2.38. The van der Waals surface area contributed by atoms with E-state index in [-0.39, 0.29) is 36.1 Å². The number of ether oxygens (including phenoxy) is 1. The summed E-state index contributed by atoms with van der Waals surface area (Å²) in [5.41, 5.74) is 5.57. The highest BCUT2D eigenvalue weighted by Crippen LogP contribution is 2.22. The molecule has 0 aromatic carbocycles. The highest BCUT2D eigenvalue weighted by molar-refractivity contribution is 7.91. The molecule has 6 nitrogen and oxygen atoms in total. The summed E-state index contributed by atoms with van der Waals surface area (Å²) in [4.78, 5) is 13.3. The molecular formula is C9H16N2O4S. The minimum absolute atomic E-state index is 0.0348. The van der Waals surface area contributed by atoms with Gasteiger partial charge in [-0.25, -0.2) is 8.42 Å². The zero-order valence-corrected chi connectivity index (χ0v) is 9.78. The monoisotopic (exact) mass is 248 g/mol.